The van der Waals surface area contributed by atoms with Gasteiger partial charge in [-0.1, -0.05) is 24.3 Å². The topological polar surface area (TPSA) is 82.1 Å². The number of β-amino-alcohol motifs (C(OH)–C–C–N with tert-alkyl or cyclic N) is 1. The fourth-order valence-corrected chi connectivity index (χ4v) is 4.52. The number of hydrogen-bond donors (Lipinski definition) is 2. The fourth-order valence-electron chi connectivity index (χ4n) is 4.52. The highest BCUT2D eigenvalue weighted by atomic mass is 16.3. The maximum absolute atomic E-state index is 13.0. The van der Waals surface area contributed by atoms with Gasteiger partial charge in [-0.25, -0.2) is 0 Å². The van der Waals surface area contributed by atoms with E-state index in [0.29, 0.717) is 25.2 Å². The lowest BCUT2D eigenvalue weighted by atomic mass is 9.95. The average Bonchev–Trinajstić information content (AvgIpc) is 3.31. The van der Waals surface area contributed by atoms with Crippen LogP contribution < -0.4 is 0 Å². The van der Waals surface area contributed by atoms with Gasteiger partial charge in [0.05, 0.1) is 11.6 Å². The molecule has 2 N–H and O–H groups in total. The van der Waals surface area contributed by atoms with E-state index < -0.39 is 6.10 Å². The molecule has 144 valence electrons. The Morgan fingerprint density at radius 3 is 2.93 bits per heavy atom. The number of aryl methyl sites for hydroxylation is 1. The van der Waals surface area contributed by atoms with Crippen molar-refractivity contribution in [1.82, 2.24) is 20.1 Å². The Morgan fingerprint density at radius 1 is 1.14 bits per heavy atom. The van der Waals surface area contributed by atoms with Crippen LogP contribution in [0.5, 0.6) is 0 Å². The molecule has 28 heavy (non-hydrogen) atoms. The molecular weight excluding hydrogens is 352 g/mol. The van der Waals surface area contributed by atoms with Crippen LogP contribution in [-0.2, 0) is 19.3 Å². The van der Waals surface area contributed by atoms with Crippen molar-refractivity contribution < 1.29 is 9.90 Å². The Labute approximate surface area is 163 Å². The highest BCUT2D eigenvalue weighted by Gasteiger charge is 2.36. The highest BCUT2D eigenvalue weighted by Crippen LogP contribution is 2.27. The normalized spacial score (nSPS) is 21.8. The molecule has 3 aromatic rings. The van der Waals surface area contributed by atoms with E-state index in [2.05, 4.69) is 16.3 Å². The molecule has 6 heteroatoms. The summed E-state index contributed by atoms with van der Waals surface area (Å²) in [5, 5.41) is 19.0. The molecule has 0 saturated carbocycles. The second-order valence-electron chi connectivity index (χ2n) is 7.97. The summed E-state index contributed by atoms with van der Waals surface area (Å²) in [7, 11) is 0. The lowest BCUT2D eigenvalue weighted by Gasteiger charge is -2.17. The van der Waals surface area contributed by atoms with Crippen molar-refractivity contribution in [2.45, 2.75) is 38.2 Å². The van der Waals surface area contributed by atoms with Crippen LogP contribution in [0.3, 0.4) is 0 Å². The van der Waals surface area contributed by atoms with Gasteiger partial charge in [-0.2, -0.15) is 5.10 Å². The number of carbonyl (C=O) groups is 1. The number of fused-ring (bicyclic) bond motifs is 2. The maximum Gasteiger partial charge on any atom is 0.274 e. The number of para-hydroxylation sites is 1. The molecule has 6 nitrogen and oxygen atoms in total. The van der Waals surface area contributed by atoms with Crippen molar-refractivity contribution in [3.63, 3.8) is 0 Å². The third-order valence-corrected chi connectivity index (χ3v) is 6.08. The van der Waals surface area contributed by atoms with Crippen molar-refractivity contribution in [3.8, 4) is 0 Å². The van der Waals surface area contributed by atoms with E-state index in [0.717, 1.165) is 53.5 Å². The van der Waals surface area contributed by atoms with Crippen LogP contribution in [0.25, 0.3) is 10.9 Å². The van der Waals surface area contributed by atoms with Crippen molar-refractivity contribution in [3.05, 3.63) is 59.0 Å². The van der Waals surface area contributed by atoms with Crippen molar-refractivity contribution in [2.24, 2.45) is 5.92 Å². The number of pyridine rings is 1. The minimum atomic E-state index is -0.535. The van der Waals surface area contributed by atoms with Gasteiger partial charge in [0, 0.05) is 41.3 Å². The number of likely N-dealkylation sites (tertiary alicyclic amines) is 1. The number of aromatic nitrogens is 3. The number of benzene rings is 1. The van der Waals surface area contributed by atoms with E-state index in [1.807, 2.05) is 30.3 Å². The number of aliphatic hydroxyl groups excluding tert-OH is 1. The monoisotopic (exact) mass is 376 g/mol. The third-order valence-electron chi connectivity index (χ3n) is 6.08. The first-order valence-corrected chi connectivity index (χ1v) is 10.1. The van der Waals surface area contributed by atoms with Gasteiger partial charge >= 0.3 is 0 Å². The van der Waals surface area contributed by atoms with Crippen LogP contribution in [0, 0.1) is 5.92 Å². The molecule has 1 aliphatic heterocycles. The zero-order valence-corrected chi connectivity index (χ0v) is 15.8. The van der Waals surface area contributed by atoms with Gasteiger partial charge in [0.25, 0.3) is 5.91 Å². The zero-order valence-electron chi connectivity index (χ0n) is 15.8. The largest absolute Gasteiger partial charge is 0.391 e. The predicted octanol–water partition coefficient (Wildman–Crippen LogP) is 2.51. The van der Waals surface area contributed by atoms with Crippen molar-refractivity contribution in [1.29, 1.82) is 0 Å². The Hall–Kier alpha value is -2.73. The van der Waals surface area contributed by atoms with E-state index in [1.165, 1.54) is 0 Å². The van der Waals surface area contributed by atoms with Crippen molar-refractivity contribution in [2.75, 3.05) is 13.1 Å². The van der Waals surface area contributed by atoms with Gasteiger partial charge < -0.3 is 10.0 Å². The molecule has 0 radical (unpaired) electrons. The molecule has 0 unspecified atom stereocenters. The van der Waals surface area contributed by atoms with Crippen molar-refractivity contribution >= 4 is 16.8 Å². The standard InChI is InChI=1S/C22H24N4O2/c27-20-13-26(22(28)21-17-6-2-4-8-19(17)24-25-21)12-15(20)11-16-10-9-14-5-1-3-7-18(14)23-16/h1,3,5,7,9-10,15,20,27H,2,4,6,8,11-13H2,(H,24,25)/t15-,20-/m1/s1. The maximum atomic E-state index is 13.0. The summed E-state index contributed by atoms with van der Waals surface area (Å²) in [5.74, 6) is -0.0696. The molecule has 1 amide bonds. The van der Waals surface area contributed by atoms with Gasteiger partial charge in [-0.05, 0) is 44.2 Å². The first kappa shape index (κ1) is 17.4. The SMILES string of the molecule is O=C(c1n[nH]c2c1CCCC2)N1C[C@@H](Cc2ccc3ccccc3n2)[C@H](O)C1. The highest BCUT2D eigenvalue weighted by molar-refractivity contribution is 5.94. The van der Waals surface area contributed by atoms with Gasteiger partial charge in [0.15, 0.2) is 5.69 Å². The van der Waals surface area contributed by atoms with E-state index >= 15 is 0 Å². The quantitative estimate of drug-likeness (QED) is 0.736. The molecule has 5 rings (SSSR count). The lowest BCUT2D eigenvalue weighted by molar-refractivity contribution is 0.0757. The molecule has 1 fully saturated rings. The van der Waals surface area contributed by atoms with Gasteiger partial charge in [0.1, 0.15) is 0 Å². The molecule has 0 bridgehead atoms. The minimum absolute atomic E-state index is 0.00706. The molecule has 1 aromatic carbocycles. The first-order chi connectivity index (χ1) is 13.7. The molecule has 2 atom stereocenters. The molecule has 3 heterocycles. The number of aliphatic hydroxyl groups is 1. The van der Waals surface area contributed by atoms with E-state index in [9.17, 15) is 9.90 Å². The summed E-state index contributed by atoms with van der Waals surface area (Å²) >= 11 is 0. The van der Waals surface area contributed by atoms with E-state index in [1.54, 1.807) is 4.90 Å². The Kier molecular flexibility index (Phi) is 4.36. The fraction of sp³-hybridized carbons (Fsp3) is 0.409. The Morgan fingerprint density at radius 2 is 2.00 bits per heavy atom. The molecule has 1 aliphatic carbocycles. The van der Waals surface area contributed by atoms with Crippen LogP contribution in [0.2, 0.25) is 0 Å². The minimum Gasteiger partial charge on any atom is -0.391 e. The van der Waals surface area contributed by atoms with Gasteiger partial charge in [0.2, 0.25) is 0 Å². The van der Waals surface area contributed by atoms with Crippen LogP contribution in [-0.4, -0.2) is 50.3 Å². The number of H-pyrrole nitrogens is 1. The summed E-state index contributed by atoms with van der Waals surface area (Å²) in [6.45, 7) is 0.898. The Bertz CT molecular complexity index is 1030. The number of nitrogens with zero attached hydrogens (tertiary/aromatic N) is 3. The van der Waals surface area contributed by atoms with Crippen LogP contribution >= 0.6 is 0 Å². The Balaban J connectivity index is 1.31. The zero-order chi connectivity index (χ0) is 19.1. The number of hydrogen-bond acceptors (Lipinski definition) is 4. The van der Waals surface area contributed by atoms with E-state index in [-0.39, 0.29) is 11.8 Å². The smallest absolute Gasteiger partial charge is 0.274 e. The summed E-state index contributed by atoms with van der Waals surface area (Å²) in [4.78, 5) is 19.5. The average molecular weight is 376 g/mol. The van der Waals surface area contributed by atoms with Gasteiger partial charge in [-0.3, -0.25) is 14.9 Å². The second kappa shape index (κ2) is 7.02. The lowest BCUT2D eigenvalue weighted by Crippen LogP contribution is -2.30. The van der Waals surface area contributed by atoms with E-state index in [4.69, 9.17) is 4.98 Å². The second-order valence-corrected chi connectivity index (χ2v) is 7.97. The number of amides is 1. The van der Waals surface area contributed by atoms with Crippen LogP contribution in [0.1, 0.15) is 40.3 Å². The number of carbonyl (C=O) groups excluding carboxylic acids is 1. The molecule has 2 aromatic heterocycles. The molecular formula is C22H24N4O2. The first-order valence-electron chi connectivity index (χ1n) is 10.1. The summed E-state index contributed by atoms with van der Waals surface area (Å²) in [6.07, 6.45) is 4.25. The summed E-state index contributed by atoms with van der Waals surface area (Å²) in [6, 6.07) is 12.1. The summed E-state index contributed by atoms with van der Waals surface area (Å²) < 4.78 is 0. The number of rotatable bonds is 3. The predicted molar refractivity (Wildman–Crippen MR) is 106 cm³/mol. The summed E-state index contributed by atoms with van der Waals surface area (Å²) in [5.41, 5.74) is 4.64. The molecule has 2 aliphatic rings. The van der Waals surface area contributed by atoms with Gasteiger partial charge in [-0.15, -0.1) is 0 Å². The third kappa shape index (κ3) is 3.07. The molecule has 1 saturated heterocycles. The number of nitrogens with one attached hydrogen (secondary N) is 1. The molecule has 0 spiro atoms. The number of aromatic amines is 1. The van der Waals surface area contributed by atoms with Crippen LogP contribution in [0.15, 0.2) is 36.4 Å². The van der Waals surface area contributed by atoms with Crippen LogP contribution in [0.4, 0.5) is 0 Å².